The minimum Gasteiger partial charge on any atom is -0.349 e. The summed E-state index contributed by atoms with van der Waals surface area (Å²) in [5.41, 5.74) is 1.27. The van der Waals surface area contributed by atoms with Crippen LogP contribution in [0.15, 0.2) is 42.6 Å². The molecule has 134 valence electrons. The van der Waals surface area contributed by atoms with Gasteiger partial charge in [0.2, 0.25) is 5.91 Å². The van der Waals surface area contributed by atoms with Crippen molar-refractivity contribution in [3.8, 4) is 0 Å². The van der Waals surface area contributed by atoms with Gasteiger partial charge in [-0.05, 0) is 48.7 Å². The van der Waals surface area contributed by atoms with Crippen molar-refractivity contribution in [3.63, 3.8) is 0 Å². The van der Waals surface area contributed by atoms with Crippen LogP contribution in [0.3, 0.4) is 0 Å². The largest absolute Gasteiger partial charge is 0.349 e. The van der Waals surface area contributed by atoms with E-state index in [-0.39, 0.29) is 23.8 Å². The smallest absolute Gasteiger partial charge is 0.251 e. The highest BCUT2D eigenvalue weighted by molar-refractivity contribution is 6.02. The summed E-state index contributed by atoms with van der Waals surface area (Å²) in [6.07, 6.45) is 2.61. The maximum atomic E-state index is 12.9. The van der Waals surface area contributed by atoms with Crippen molar-refractivity contribution in [2.75, 3.05) is 18.0 Å². The van der Waals surface area contributed by atoms with Gasteiger partial charge in [0.15, 0.2) is 5.82 Å². The molecule has 0 radical (unpaired) electrons. The average molecular weight is 351 g/mol. The third kappa shape index (κ3) is 3.30. The number of carbonyl (C=O) groups excluding carboxylic acids is 2. The Kier molecular flexibility index (Phi) is 4.38. The number of rotatable bonds is 5. The van der Waals surface area contributed by atoms with Crippen LogP contribution in [0.5, 0.6) is 0 Å². The Morgan fingerprint density at radius 1 is 1.19 bits per heavy atom. The van der Waals surface area contributed by atoms with E-state index in [4.69, 9.17) is 0 Å². The van der Waals surface area contributed by atoms with Crippen LogP contribution >= 0.6 is 0 Å². The van der Waals surface area contributed by atoms with Gasteiger partial charge in [0.1, 0.15) is 0 Å². The molecule has 2 unspecified atom stereocenters. The van der Waals surface area contributed by atoms with Gasteiger partial charge < -0.3 is 10.6 Å². The van der Waals surface area contributed by atoms with Gasteiger partial charge in [0.05, 0.1) is 11.6 Å². The summed E-state index contributed by atoms with van der Waals surface area (Å²) < 4.78 is 0. The van der Waals surface area contributed by atoms with Crippen molar-refractivity contribution in [2.45, 2.75) is 19.4 Å². The average Bonchev–Trinajstić information content (AvgIpc) is 3.30. The fourth-order valence-corrected chi connectivity index (χ4v) is 2.97. The van der Waals surface area contributed by atoms with Crippen LogP contribution < -0.4 is 15.5 Å². The van der Waals surface area contributed by atoms with Crippen molar-refractivity contribution < 1.29 is 9.59 Å². The number of benzene rings is 1. The van der Waals surface area contributed by atoms with Crippen LogP contribution in [-0.2, 0) is 4.79 Å². The SMILES string of the molecule is CC1CC1NC(=O)c1ccc(N(C(=O)C2CNC2)c2cccnn2)cc1. The number of amides is 2. The van der Waals surface area contributed by atoms with Crippen LogP contribution in [0.1, 0.15) is 23.7 Å². The molecule has 0 spiro atoms. The minimum atomic E-state index is -0.0773. The predicted octanol–water partition coefficient (Wildman–Crippen LogP) is 1.50. The molecule has 2 fully saturated rings. The molecular formula is C19H21N5O2. The van der Waals surface area contributed by atoms with Crippen molar-refractivity contribution in [2.24, 2.45) is 11.8 Å². The fraction of sp³-hybridized carbons (Fsp3) is 0.368. The zero-order valence-electron chi connectivity index (χ0n) is 14.6. The number of anilines is 2. The van der Waals surface area contributed by atoms with E-state index in [0.717, 1.165) is 6.42 Å². The molecule has 1 saturated heterocycles. The number of nitrogens with zero attached hydrogens (tertiary/aromatic N) is 3. The molecule has 1 aliphatic carbocycles. The topological polar surface area (TPSA) is 87.2 Å². The Morgan fingerprint density at radius 3 is 2.46 bits per heavy atom. The van der Waals surface area contributed by atoms with Crippen molar-refractivity contribution in [1.82, 2.24) is 20.8 Å². The van der Waals surface area contributed by atoms with E-state index in [0.29, 0.717) is 36.1 Å². The van der Waals surface area contributed by atoms with Gasteiger partial charge in [-0.2, -0.15) is 5.10 Å². The molecule has 1 aliphatic heterocycles. The van der Waals surface area contributed by atoms with E-state index < -0.39 is 0 Å². The molecule has 1 aromatic heterocycles. The molecule has 7 heteroatoms. The molecular weight excluding hydrogens is 330 g/mol. The summed E-state index contributed by atoms with van der Waals surface area (Å²) >= 11 is 0. The summed E-state index contributed by atoms with van der Waals surface area (Å²) in [6.45, 7) is 3.44. The zero-order chi connectivity index (χ0) is 18.1. The maximum Gasteiger partial charge on any atom is 0.251 e. The quantitative estimate of drug-likeness (QED) is 0.852. The minimum absolute atomic E-state index is 0.0201. The number of carbonyl (C=O) groups is 2. The van der Waals surface area contributed by atoms with Crippen molar-refractivity contribution in [1.29, 1.82) is 0 Å². The highest BCUT2D eigenvalue weighted by Gasteiger charge is 2.34. The van der Waals surface area contributed by atoms with Crippen LogP contribution in [-0.4, -0.2) is 41.1 Å². The Labute approximate surface area is 151 Å². The molecule has 1 saturated carbocycles. The monoisotopic (exact) mass is 351 g/mol. The lowest BCUT2D eigenvalue weighted by Crippen LogP contribution is -2.51. The first-order chi connectivity index (χ1) is 12.6. The second-order valence-corrected chi connectivity index (χ2v) is 6.95. The summed E-state index contributed by atoms with van der Waals surface area (Å²) in [6, 6.07) is 10.8. The standard InChI is InChI=1S/C19H21N5O2/c1-12-9-16(12)22-18(25)13-4-6-15(7-5-13)24(17-3-2-8-21-23-17)19(26)14-10-20-11-14/h2-8,12,14,16,20H,9-11H2,1H3,(H,22,25). The number of nitrogens with one attached hydrogen (secondary N) is 2. The summed E-state index contributed by atoms with van der Waals surface area (Å²) in [7, 11) is 0. The Balaban J connectivity index is 1.57. The molecule has 7 nitrogen and oxygen atoms in total. The molecule has 0 bridgehead atoms. The highest BCUT2D eigenvalue weighted by Crippen LogP contribution is 2.30. The Morgan fingerprint density at radius 2 is 1.92 bits per heavy atom. The second kappa shape index (κ2) is 6.84. The number of aromatic nitrogens is 2. The van der Waals surface area contributed by atoms with Crippen LogP contribution in [0.4, 0.5) is 11.5 Å². The van der Waals surface area contributed by atoms with E-state index in [1.165, 1.54) is 0 Å². The van der Waals surface area contributed by atoms with Gasteiger partial charge in [0.25, 0.3) is 5.91 Å². The zero-order valence-corrected chi connectivity index (χ0v) is 14.6. The maximum absolute atomic E-state index is 12.9. The molecule has 2 aromatic rings. The van der Waals surface area contributed by atoms with E-state index in [1.54, 1.807) is 47.5 Å². The van der Waals surface area contributed by atoms with Gasteiger partial charge in [0, 0.05) is 30.9 Å². The van der Waals surface area contributed by atoms with Gasteiger partial charge >= 0.3 is 0 Å². The Bertz CT molecular complexity index is 804. The molecule has 2 N–H and O–H groups in total. The first-order valence-electron chi connectivity index (χ1n) is 8.87. The van der Waals surface area contributed by atoms with E-state index >= 15 is 0 Å². The molecule has 2 heterocycles. The van der Waals surface area contributed by atoms with Gasteiger partial charge in [-0.3, -0.25) is 14.5 Å². The van der Waals surface area contributed by atoms with Gasteiger partial charge in [-0.1, -0.05) is 6.92 Å². The van der Waals surface area contributed by atoms with E-state index in [2.05, 4.69) is 27.8 Å². The second-order valence-electron chi connectivity index (χ2n) is 6.95. The molecule has 2 amide bonds. The van der Waals surface area contributed by atoms with Crippen LogP contribution in [0, 0.1) is 11.8 Å². The third-order valence-electron chi connectivity index (χ3n) is 4.95. The normalized spacial score (nSPS) is 21.6. The lowest BCUT2D eigenvalue weighted by molar-refractivity contribution is -0.123. The fourth-order valence-electron chi connectivity index (χ4n) is 2.97. The summed E-state index contributed by atoms with van der Waals surface area (Å²) in [5, 5.41) is 14.1. The highest BCUT2D eigenvalue weighted by atomic mass is 16.2. The first kappa shape index (κ1) is 16.7. The Hall–Kier alpha value is -2.80. The first-order valence-corrected chi connectivity index (χ1v) is 8.87. The molecule has 2 aliphatic rings. The van der Waals surface area contributed by atoms with Gasteiger partial charge in [-0.25, -0.2) is 0 Å². The summed E-state index contributed by atoms with van der Waals surface area (Å²) in [4.78, 5) is 26.7. The number of hydrogen-bond acceptors (Lipinski definition) is 5. The molecule has 2 atom stereocenters. The molecule has 26 heavy (non-hydrogen) atoms. The van der Waals surface area contributed by atoms with Crippen LogP contribution in [0.2, 0.25) is 0 Å². The molecule has 4 rings (SSSR count). The lowest BCUT2D eigenvalue weighted by atomic mass is 10.0. The molecule has 1 aromatic carbocycles. The van der Waals surface area contributed by atoms with Crippen molar-refractivity contribution in [3.05, 3.63) is 48.2 Å². The summed E-state index contributed by atoms with van der Waals surface area (Å²) in [5.74, 6) is 0.864. The lowest BCUT2D eigenvalue weighted by Gasteiger charge is -2.31. The predicted molar refractivity (Wildman–Crippen MR) is 97.0 cm³/mol. The van der Waals surface area contributed by atoms with Crippen LogP contribution in [0.25, 0.3) is 0 Å². The number of hydrogen-bond donors (Lipinski definition) is 2. The third-order valence-corrected chi connectivity index (χ3v) is 4.95. The van der Waals surface area contributed by atoms with Gasteiger partial charge in [-0.15, -0.1) is 5.10 Å². The van der Waals surface area contributed by atoms with E-state index in [9.17, 15) is 9.59 Å². The van der Waals surface area contributed by atoms with Crippen molar-refractivity contribution >= 4 is 23.3 Å². The van der Waals surface area contributed by atoms with E-state index in [1.807, 2.05) is 0 Å².